The predicted octanol–water partition coefficient (Wildman–Crippen LogP) is 1.52. The lowest BCUT2D eigenvalue weighted by molar-refractivity contribution is -0.117. The van der Waals surface area contributed by atoms with Crippen LogP contribution in [0.4, 0.5) is 5.69 Å². The number of aromatic amines is 1. The van der Waals surface area contributed by atoms with Gasteiger partial charge in [-0.3, -0.25) is 9.89 Å². The number of anilines is 1. The van der Waals surface area contributed by atoms with Gasteiger partial charge in [-0.2, -0.15) is 5.10 Å². The Morgan fingerprint density at radius 3 is 3.18 bits per heavy atom. The molecule has 1 unspecified atom stereocenters. The summed E-state index contributed by atoms with van der Waals surface area (Å²) in [6.07, 6.45) is 3.21. The Morgan fingerprint density at radius 1 is 1.47 bits per heavy atom. The third kappa shape index (κ3) is 1.75. The van der Waals surface area contributed by atoms with Gasteiger partial charge in [0.15, 0.2) is 0 Å². The standard InChI is InChI=1S/C12H11N3O2/c16-12(15-8-5-13-14-6-8)10-7-17-11-4-2-1-3-9(10)11/h1-6,10H,7H2,(H,13,14)(H,15,16). The Hall–Kier alpha value is -2.30. The van der Waals surface area contributed by atoms with Gasteiger partial charge in [0.25, 0.3) is 0 Å². The van der Waals surface area contributed by atoms with Crippen LogP contribution >= 0.6 is 0 Å². The third-order valence-corrected chi connectivity index (χ3v) is 2.78. The van der Waals surface area contributed by atoms with Crippen LogP contribution in [0.2, 0.25) is 0 Å². The van der Waals surface area contributed by atoms with E-state index >= 15 is 0 Å². The first kappa shape index (κ1) is 9.89. The molecule has 0 radical (unpaired) electrons. The van der Waals surface area contributed by atoms with E-state index in [1.807, 2.05) is 24.3 Å². The number of aromatic nitrogens is 2. The van der Waals surface area contributed by atoms with Gasteiger partial charge in [-0.05, 0) is 6.07 Å². The zero-order valence-corrected chi connectivity index (χ0v) is 9.01. The van der Waals surface area contributed by atoms with Crippen LogP contribution in [-0.2, 0) is 4.79 Å². The molecule has 0 spiro atoms. The highest BCUT2D eigenvalue weighted by Gasteiger charge is 2.29. The van der Waals surface area contributed by atoms with Gasteiger partial charge in [0, 0.05) is 11.8 Å². The zero-order valence-electron chi connectivity index (χ0n) is 9.01. The number of carbonyl (C=O) groups is 1. The highest BCUT2D eigenvalue weighted by molar-refractivity contribution is 5.96. The Kier molecular flexibility index (Phi) is 2.29. The molecule has 1 aromatic heterocycles. The first-order valence-corrected chi connectivity index (χ1v) is 5.36. The van der Waals surface area contributed by atoms with Gasteiger partial charge < -0.3 is 10.1 Å². The van der Waals surface area contributed by atoms with Crippen LogP contribution < -0.4 is 10.1 Å². The maximum Gasteiger partial charge on any atom is 0.235 e. The number of nitrogens with zero attached hydrogens (tertiary/aromatic N) is 1. The number of ether oxygens (including phenoxy) is 1. The number of rotatable bonds is 2. The minimum atomic E-state index is -0.249. The monoisotopic (exact) mass is 229 g/mol. The topological polar surface area (TPSA) is 67.0 Å². The van der Waals surface area contributed by atoms with E-state index in [1.54, 1.807) is 12.4 Å². The molecular weight excluding hydrogens is 218 g/mol. The number of H-pyrrole nitrogens is 1. The highest BCUT2D eigenvalue weighted by Crippen LogP contribution is 2.33. The van der Waals surface area contributed by atoms with Crippen LogP contribution in [0.3, 0.4) is 0 Å². The van der Waals surface area contributed by atoms with Crippen molar-refractivity contribution in [2.75, 3.05) is 11.9 Å². The Balaban J connectivity index is 1.80. The lowest BCUT2D eigenvalue weighted by Crippen LogP contribution is -2.21. The SMILES string of the molecule is O=C(Nc1cn[nH]c1)C1COc2ccccc21. The average molecular weight is 229 g/mol. The summed E-state index contributed by atoms with van der Waals surface area (Å²) in [5, 5.41) is 9.22. The van der Waals surface area contributed by atoms with E-state index in [0.717, 1.165) is 11.3 Å². The molecule has 0 saturated carbocycles. The summed E-state index contributed by atoms with van der Waals surface area (Å²) in [5.74, 6) is 0.470. The molecule has 1 aromatic carbocycles. The van der Waals surface area contributed by atoms with Gasteiger partial charge in [-0.15, -0.1) is 0 Å². The lowest BCUT2D eigenvalue weighted by atomic mass is 10.0. The molecule has 0 aliphatic carbocycles. The molecule has 1 aliphatic heterocycles. The Labute approximate surface area is 97.8 Å². The number of nitrogens with one attached hydrogen (secondary N) is 2. The van der Waals surface area contributed by atoms with E-state index < -0.39 is 0 Å². The summed E-state index contributed by atoms with van der Waals surface area (Å²) in [4.78, 5) is 12.0. The number of amides is 1. The molecule has 0 bridgehead atoms. The van der Waals surface area contributed by atoms with E-state index in [4.69, 9.17) is 4.74 Å². The van der Waals surface area contributed by atoms with Gasteiger partial charge in [0.2, 0.25) is 5.91 Å². The summed E-state index contributed by atoms with van der Waals surface area (Å²) in [7, 11) is 0. The minimum absolute atomic E-state index is 0.0728. The van der Waals surface area contributed by atoms with Crippen LogP contribution in [0, 0.1) is 0 Å². The van der Waals surface area contributed by atoms with Crippen molar-refractivity contribution in [3.63, 3.8) is 0 Å². The van der Waals surface area contributed by atoms with Crippen LogP contribution in [0.25, 0.3) is 0 Å². The fraction of sp³-hybridized carbons (Fsp3) is 0.167. The number of carbonyl (C=O) groups excluding carboxylic acids is 1. The summed E-state index contributed by atoms with van der Waals surface area (Å²) in [6, 6.07) is 7.60. The van der Waals surface area contributed by atoms with E-state index in [1.165, 1.54) is 0 Å². The molecular formula is C12H11N3O2. The minimum Gasteiger partial charge on any atom is -0.492 e. The van der Waals surface area contributed by atoms with Crippen LogP contribution in [0.5, 0.6) is 5.75 Å². The third-order valence-electron chi connectivity index (χ3n) is 2.78. The van der Waals surface area contributed by atoms with Gasteiger partial charge in [-0.25, -0.2) is 0 Å². The number of fused-ring (bicyclic) bond motifs is 1. The Morgan fingerprint density at radius 2 is 2.35 bits per heavy atom. The molecule has 86 valence electrons. The van der Waals surface area contributed by atoms with Gasteiger partial charge >= 0.3 is 0 Å². The van der Waals surface area contributed by atoms with Crippen molar-refractivity contribution in [1.29, 1.82) is 0 Å². The molecule has 1 aliphatic rings. The molecule has 0 fully saturated rings. The van der Waals surface area contributed by atoms with Crippen molar-refractivity contribution in [2.24, 2.45) is 0 Å². The van der Waals surface area contributed by atoms with Crippen LogP contribution in [0.1, 0.15) is 11.5 Å². The van der Waals surface area contributed by atoms with Crippen molar-refractivity contribution in [2.45, 2.75) is 5.92 Å². The second-order valence-electron chi connectivity index (χ2n) is 3.88. The van der Waals surface area contributed by atoms with Crippen LogP contribution in [-0.4, -0.2) is 22.7 Å². The maximum atomic E-state index is 12.0. The predicted molar refractivity (Wildman–Crippen MR) is 61.9 cm³/mol. The zero-order chi connectivity index (χ0) is 11.7. The first-order chi connectivity index (χ1) is 8.34. The fourth-order valence-electron chi connectivity index (χ4n) is 1.93. The molecule has 2 heterocycles. The number of para-hydroxylation sites is 1. The van der Waals surface area contributed by atoms with Crippen LogP contribution in [0.15, 0.2) is 36.7 Å². The second kappa shape index (κ2) is 3.93. The smallest absolute Gasteiger partial charge is 0.235 e. The number of hydrogen-bond donors (Lipinski definition) is 2. The quantitative estimate of drug-likeness (QED) is 0.820. The first-order valence-electron chi connectivity index (χ1n) is 5.36. The van der Waals surface area contributed by atoms with Crippen molar-refractivity contribution in [3.8, 4) is 5.75 Å². The summed E-state index contributed by atoms with van der Waals surface area (Å²) in [6.45, 7) is 0.392. The summed E-state index contributed by atoms with van der Waals surface area (Å²) in [5.41, 5.74) is 1.60. The summed E-state index contributed by atoms with van der Waals surface area (Å²) < 4.78 is 5.47. The number of hydrogen-bond acceptors (Lipinski definition) is 3. The molecule has 1 amide bonds. The Bertz CT molecular complexity index is 536. The summed E-state index contributed by atoms with van der Waals surface area (Å²) >= 11 is 0. The molecule has 17 heavy (non-hydrogen) atoms. The highest BCUT2D eigenvalue weighted by atomic mass is 16.5. The van der Waals surface area contributed by atoms with Crippen molar-refractivity contribution in [3.05, 3.63) is 42.2 Å². The normalized spacial score (nSPS) is 17.3. The van der Waals surface area contributed by atoms with Gasteiger partial charge in [0.05, 0.1) is 11.9 Å². The fourth-order valence-corrected chi connectivity index (χ4v) is 1.93. The van der Waals surface area contributed by atoms with E-state index in [-0.39, 0.29) is 11.8 Å². The van der Waals surface area contributed by atoms with E-state index in [9.17, 15) is 4.79 Å². The van der Waals surface area contributed by atoms with E-state index in [2.05, 4.69) is 15.5 Å². The molecule has 0 saturated heterocycles. The van der Waals surface area contributed by atoms with Gasteiger partial charge in [0.1, 0.15) is 18.3 Å². The van der Waals surface area contributed by atoms with Crippen molar-refractivity contribution in [1.82, 2.24) is 10.2 Å². The molecule has 2 N–H and O–H groups in total. The molecule has 5 nitrogen and oxygen atoms in total. The molecule has 3 rings (SSSR count). The van der Waals surface area contributed by atoms with Gasteiger partial charge in [-0.1, -0.05) is 18.2 Å². The van der Waals surface area contributed by atoms with Crippen molar-refractivity contribution < 1.29 is 9.53 Å². The van der Waals surface area contributed by atoms with Crippen molar-refractivity contribution >= 4 is 11.6 Å². The lowest BCUT2D eigenvalue weighted by Gasteiger charge is -2.08. The second-order valence-corrected chi connectivity index (χ2v) is 3.88. The average Bonchev–Trinajstić information content (AvgIpc) is 2.96. The molecule has 1 atom stereocenters. The van der Waals surface area contributed by atoms with E-state index in [0.29, 0.717) is 12.3 Å². The number of benzene rings is 1. The molecule has 2 aromatic rings. The maximum absolute atomic E-state index is 12.0. The molecule has 5 heteroatoms. The largest absolute Gasteiger partial charge is 0.492 e.